The first-order valence-corrected chi connectivity index (χ1v) is 10.7. The fourth-order valence-electron chi connectivity index (χ4n) is 3.55. The number of anilines is 1. The lowest BCUT2D eigenvalue weighted by molar-refractivity contribution is -0.119. The standard InChI is InChI=1S/C25H32N2O4/c1-17-15-21(30-18(2)19-9-7-6-8-10-19)11-12-22(17)26-23(28)20-13-14-27(16-20)24(29)31-25(3,4)5/h6-12,15,18,20H,13-14,16H2,1-5H3,(H,26,28). The van der Waals surface area contributed by atoms with E-state index in [1.807, 2.05) is 83.1 Å². The van der Waals surface area contributed by atoms with Crippen LogP contribution >= 0.6 is 0 Å². The first-order valence-electron chi connectivity index (χ1n) is 10.7. The number of rotatable bonds is 5. The molecular weight excluding hydrogens is 392 g/mol. The molecule has 1 aliphatic rings. The minimum Gasteiger partial charge on any atom is -0.486 e. The maximum Gasteiger partial charge on any atom is 0.410 e. The number of carbonyl (C=O) groups is 2. The molecule has 31 heavy (non-hydrogen) atoms. The van der Waals surface area contributed by atoms with Crippen LogP contribution in [0.2, 0.25) is 0 Å². The number of benzene rings is 2. The molecule has 0 aromatic heterocycles. The highest BCUT2D eigenvalue weighted by Gasteiger charge is 2.33. The van der Waals surface area contributed by atoms with E-state index in [-0.39, 0.29) is 24.0 Å². The molecule has 0 aliphatic carbocycles. The number of amides is 2. The van der Waals surface area contributed by atoms with Crippen LogP contribution in [0.1, 0.15) is 51.3 Å². The second-order valence-electron chi connectivity index (χ2n) is 9.05. The van der Waals surface area contributed by atoms with E-state index in [1.54, 1.807) is 4.90 Å². The summed E-state index contributed by atoms with van der Waals surface area (Å²) in [6.07, 6.45) is 0.186. The van der Waals surface area contributed by atoms with Gasteiger partial charge >= 0.3 is 6.09 Å². The van der Waals surface area contributed by atoms with Gasteiger partial charge in [0.15, 0.2) is 0 Å². The van der Waals surface area contributed by atoms with Gasteiger partial charge in [0.05, 0.1) is 5.92 Å². The second-order valence-corrected chi connectivity index (χ2v) is 9.05. The molecular formula is C25H32N2O4. The Morgan fingerprint density at radius 2 is 1.84 bits per heavy atom. The largest absolute Gasteiger partial charge is 0.486 e. The molecule has 1 fully saturated rings. The summed E-state index contributed by atoms with van der Waals surface area (Å²) in [7, 11) is 0. The van der Waals surface area contributed by atoms with Gasteiger partial charge in [0, 0.05) is 18.8 Å². The van der Waals surface area contributed by atoms with Gasteiger partial charge in [-0.3, -0.25) is 4.79 Å². The van der Waals surface area contributed by atoms with Crippen LogP contribution in [0.5, 0.6) is 5.75 Å². The molecule has 1 heterocycles. The fourth-order valence-corrected chi connectivity index (χ4v) is 3.55. The van der Waals surface area contributed by atoms with Crippen LogP contribution in [0.3, 0.4) is 0 Å². The molecule has 6 nitrogen and oxygen atoms in total. The Balaban J connectivity index is 1.56. The minimum absolute atomic E-state index is 0.0710. The van der Waals surface area contributed by atoms with E-state index in [4.69, 9.17) is 9.47 Å². The lowest BCUT2D eigenvalue weighted by atomic mass is 10.1. The Hall–Kier alpha value is -3.02. The van der Waals surface area contributed by atoms with Gasteiger partial charge in [-0.25, -0.2) is 4.79 Å². The molecule has 0 spiro atoms. The van der Waals surface area contributed by atoms with Crippen molar-refractivity contribution < 1.29 is 19.1 Å². The highest BCUT2D eigenvalue weighted by Crippen LogP contribution is 2.27. The van der Waals surface area contributed by atoms with Crippen LogP contribution in [-0.4, -0.2) is 35.6 Å². The molecule has 6 heteroatoms. The maximum absolute atomic E-state index is 12.7. The van der Waals surface area contributed by atoms with Gasteiger partial charge in [-0.15, -0.1) is 0 Å². The zero-order valence-electron chi connectivity index (χ0n) is 19.0. The number of aryl methyl sites for hydroxylation is 1. The SMILES string of the molecule is Cc1cc(OC(C)c2ccccc2)ccc1NC(=O)C1CCN(C(=O)OC(C)(C)C)C1. The molecule has 0 radical (unpaired) electrons. The maximum atomic E-state index is 12.7. The summed E-state index contributed by atoms with van der Waals surface area (Å²) in [5.74, 6) is 0.422. The second kappa shape index (κ2) is 9.41. The Bertz CT molecular complexity index is 921. The van der Waals surface area contributed by atoms with Crippen LogP contribution in [0.4, 0.5) is 10.5 Å². The third-order valence-corrected chi connectivity index (χ3v) is 5.25. The zero-order chi connectivity index (χ0) is 22.6. The van der Waals surface area contributed by atoms with Crippen molar-refractivity contribution in [2.24, 2.45) is 5.92 Å². The average Bonchev–Trinajstić information content (AvgIpc) is 3.20. The molecule has 2 atom stereocenters. The molecule has 2 aromatic rings. The molecule has 3 rings (SSSR count). The summed E-state index contributed by atoms with van der Waals surface area (Å²) in [4.78, 5) is 26.6. The number of hydrogen-bond acceptors (Lipinski definition) is 4. The van der Waals surface area contributed by atoms with Crippen molar-refractivity contribution in [3.63, 3.8) is 0 Å². The van der Waals surface area contributed by atoms with Crippen LogP contribution in [0.15, 0.2) is 48.5 Å². The summed E-state index contributed by atoms with van der Waals surface area (Å²) in [6.45, 7) is 10.4. The number of nitrogens with zero attached hydrogens (tertiary/aromatic N) is 1. The molecule has 2 unspecified atom stereocenters. The van der Waals surface area contributed by atoms with Crippen molar-refractivity contribution in [3.8, 4) is 5.75 Å². The lowest BCUT2D eigenvalue weighted by Gasteiger charge is -2.24. The predicted octanol–water partition coefficient (Wildman–Crippen LogP) is 5.33. The molecule has 0 saturated carbocycles. The number of carbonyl (C=O) groups excluding carboxylic acids is 2. The number of ether oxygens (including phenoxy) is 2. The third kappa shape index (κ3) is 6.23. The highest BCUT2D eigenvalue weighted by molar-refractivity contribution is 5.94. The van der Waals surface area contributed by atoms with E-state index in [0.717, 1.165) is 22.6 Å². The Morgan fingerprint density at radius 3 is 2.48 bits per heavy atom. The van der Waals surface area contributed by atoms with Crippen molar-refractivity contribution in [1.29, 1.82) is 0 Å². The molecule has 1 N–H and O–H groups in total. The third-order valence-electron chi connectivity index (χ3n) is 5.25. The highest BCUT2D eigenvalue weighted by atomic mass is 16.6. The first-order chi connectivity index (χ1) is 14.6. The van der Waals surface area contributed by atoms with Crippen molar-refractivity contribution >= 4 is 17.7 Å². The average molecular weight is 425 g/mol. The quantitative estimate of drug-likeness (QED) is 0.704. The van der Waals surface area contributed by atoms with Gasteiger partial charge in [-0.05, 0) is 70.4 Å². The zero-order valence-corrected chi connectivity index (χ0v) is 19.0. The van der Waals surface area contributed by atoms with Crippen LogP contribution in [0.25, 0.3) is 0 Å². The molecule has 2 amide bonds. The summed E-state index contributed by atoms with van der Waals surface area (Å²) >= 11 is 0. The van der Waals surface area contributed by atoms with E-state index < -0.39 is 5.60 Å². The lowest BCUT2D eigenvalue weighted by Crippen LogP contribution is -2.36. The first kappa shape index (κ1) is 22.7. The Morgan fingerprint density at radius 1 is 1.13 bits per heavy atom. The van der Waals surface area contributed by atoms with E-state index in [1.165, 1.54) is 0 Å². The monoisotopic (exact) mass is 424 g/mol. The van der Waals surface area contributed by atoms with Crippen molar-refractivity contribution in [2.45, 2.75) is 52.7 Å². The van der Waals surface area contributed by atoms with Gasteiger partial charge in [0.2, 0.25) is 5.91 Å². The predicted molar refractivity (Wildman–Crippen MR) is 121 cm³/mol. The topological polar surface area (TPSA) is 67.9 Å². The molecule has 1 saturated heterocycles. The number of hydrogen-bond donors (Lipinski definition) is 1. The van der Waals surface area contributed by atoms with Crippen molar-refractivity contribution in [2.75, 3.05) is 18.4 Å². The van der Waals surface area contributed by atoms with Crippen LogP contribution < -0.4 is 10.1 Å². The fraction of sp³-hybridized carbons (Fsp3) is 0.440. The Labute approximate surface area is 184 Å². The summed E-state index contributed by atoms with van der Waals surface area (Å²) < 4.78 is 11.5. The minimum atomic E-state index is -0.545. The van der Waals surface area contributed by atoms with E-state index >= 15 is 0 Å². The van der Waals surface area contributed by atoms with Crippen LogP contribution in [-0.2, 0) is 9.53 Å². The Kier molecular flexibility index (Phi) is 6.88. The van der Waals surface area contributed by atoms with Crippen molar-refractivity contribution in [3.05, 3.63) is 59.7 Å². The van der Waals surface area contributed by atoms with Gasteiger partial charge in [0.25, 0.3) is 0 Å². The van der Waals surface area contributed by atoms with E-state index in [9.17, 15) is 9.59 Å². The summed E-state index contributed by atoms with van der Waals surface area (Å²) in [5, 5.41) is 3.00. The van der Waals surface area contributed by atoms with E-state index in [0.29, 0.717) is 19.5 Å². The smallest absolute Gasteiger partial charge is 0.410 e. The molecule has 166 valence electrons. The van der Waals surface area contributed by atoms with Gasteiger partial charge in [-0.2, -0.15) is 0 Å². The summed E-state index contributed by atoms with van der Waals surface area (Å²) in [5.41, 5.74) is 2.23. The van der Waals surface area contributed by atoms with Crippen LogP contribution in [0, 0.1) is 12.8 Å². The van der Waals surface area contributed by atoms with Gasteiger partial charge in [-0.1, -0.05) is 30.3 Å². The molecule has 2 aromatic carbocycles. The summed E-state index contributed by atoms with van der Waals surface area (Å²) in [6, 6.07) is 15.7. The molecule has 1 aliphatic heterocycles. The number of nitrogens with one attached hydrogen (secondary N) is 1. The van der Waals surface area contributed by atoms with Gasteiger partial charge in [0.1, 0.15) is 17.5 Å². The number of likely N-dealkylation sites (tertiary alicyclic amines) is 1. The van der Waals surface area contributed by atoms with Crippen molar-refractivity contribution in [1.82, 2.24) is 4.90 Å². The van der Waals surface area contributed by atoms with E-state index in [2.05, 4.69) is 5.32 Å². The molecule has 0 bridgehead atoms. The van der Waals surface area contributed by atoms with Gasteiger partial charge < -0.3 is 19.7 Å². The normalized spacial score (nSPS) is 17.2.